The summed E-state index contributed by atoms with van der Waals surface area (Å²) < 4.78 is 17.4. The zero-order valence-corrected chi connectivity index (χ0v) is 44.8. The van der Waals surface area contributed by atoms with E-state index in [1.807, 2.05) is 0 Å². The largest absolute Gasteiger partial charge is 0.462 e. The lowest BCUT2D eigenvalue weighted by atomic mass is 10.0. The Morgan fingerprint density at radius 1 is 0.338 bits per heavy atom. The number of hydrogen-bond donors (Lipinski definition) is 0. The van der Waals surface area contributed by atoms with Gasteiger partial charge in [0.1, 0.15) is 6.61 Å². The summed E-state index contributed by atoms with van der Waals surface area (Å²) in [6.45, 7) is 7.49. The highest BCUT2D eigenvalue weighted by Gasteiger charge is 2.17. The van der Waals surface area contributed by atoms with Crippen molar-refractivity contribution in [1.29, 1.82) is 0 Å². The van der Waals surface area contributed by atoms with Crippen molar-refractivity contribution in [3.8, 4) is 0 Å². The van der Waals surface area contributed by atoms with E-state index in [1.165, 1.54) is 141 Å². The van der Waals surface area contributed by atoms with E-state index in [4.69, 9.17) is 14.2 Å². The summed E-state index contributed by atoms with van der Waals surface area (Å²) in [5, 5.41) is 0. The average molecular weight is 946 g/mol. The summed E-state index contributed by atoms with van der Waals surface area (Å²) in [7, 11) is 0. The van der Waals surface area contributed by atoms with Gasteiger partial charge in [-0.3, -0.25) is 9.59 Å². The van der Waals surface area contributed by atoms with E-state index in [-0.39, 0.29) is 25.2 Å². The molecule has 0 spiro atoms. The third kappa shape index (κ3) is 55.4. The van der Waals surface area contributed by atoms with Gasteiger partial charge in [-0.2, -0.15) is 0 Å². The second-order valence-electron chi connectivity index (χ2n) is 18.8. The molecule has 0 N–H and O–H groups in total. The molecule has 0 fully saturated rings. The molecule has 0 bridgehead atoms. The lowest BCUT2D eigenvalue weighted by Crippen LogP contribution is -2.30. The predicted octanol–water partition coefficient (Wildman–Crippen LogP) is 19.8. The molecule has 68 heavy (non-hydrogen) atoms. The highest BCUT2D eigenvalue weighted by Crippen LogP contribution is 2.15. The van der Waals surface area contributed by atoms with Crippen molar-refractivity contribution in [3.63, 3.8) is 0 Å². The molecule has 0 saturated heterocycles. The van der Waals surface area contributed by atoms with Crippen LogP contribution in [0.5, 0.6) is 0 Å². The van der Waals surface area contributed by atoms with Crippen LogP contribution in [-0.4, -0.2) is 37.9 Å². The van der Waals surface area contributed by atoms with Crippen molar-refractivity contribution in [2.45, 2.75) is 271 Å². The molecule has 5 heteroatoms. The first kappa shape index (κ1) is 64.8. The van der Waals surface area contributed by atoms with Crippen molar-refractivity contribution >= 4 is 11.9 Å². The standard InChI is InChI=1S/C63H108O5/c1-4-7-10-13-16-19-22-25-28-31-32-34-35-38-41-44-47-50-53-56-62(64)67-60-61(59-66-58-55-52-49-46-43-40-37-30-27-24-21-18-15-12-9-6-3)68-63(65)57-54-51-48-45-42-39-36-33-29-26-23-20-17-14-11-8-5-2/h9,12,16,18-19,21,25,27-28,30,32,34,40,43,49,52,61H,4-8,10-11,13-15,17,20,22-24,26,29,31,33,35-39,41-42,44-48,50-51,53-60H2,1-3H3/b12-9-,19-16-,21-18-,28-25-,30-27-,34-32-,43-40-,52-49-. The van der Waals surface area contributed by atoms with Gasteiger partial charge in [0.15, 0.2) is 6.10 Å². The molecule has 0 aromatic rings. The van der Waals surface area contributed by atoms with E-state index < -0.39 is 6.10 Å². The Morgan fingerprint density at radius 2 is 0.662 bits per heavy atom. The number of hydrogen-bond acceptors (Lipinski definition) is 5. The fourth-order valence-corrected chi connectivity index (χ4v) is 7.88. The maximum Gasteiger partial charge on any atom is 0.306 e. The minimum absolute atomic E-state index is 0.0464. The smallest absolute Gasteiger partial charge is 0.306 e. The first-order valence-corrected chi connectivity index (χ1v) is 28.8. The zero-order valence-electron chi connectivity index (χ0n) is 44.8. The van der Waals surface area contributed by atoms with Crippen LogP contribution in [0.15, 0.2) is 97.2 Å². The molecule has 0 aliphatic rings. The molecular weight excluding hydrogens is 837 g/mol. The monoisotopic (exact) mass is 945 g/mol. The number of carbonyl (C=O) groups excluding carboxylic acids is 2. The van der Waals surface area contributed by atoms with Crippen molar-refractivity contribution < 1.29 is 23.8 Å². The van der Waals surface area contributed by atoms with Gasteiger partial charge >= 0.3 is 11.9 Å². The van der Waals surface area contributed by atoms with Gasteiger partial charge in [-0.1, -0.05) is 259 Å². The number of allylic oxidation sites excluding steroid dienone is 15. The Kier molecular flexibility index (Phi) is 55.4. The van der Waals surface area contributed by atoms with Crippen LogP contribution in [0.2, 0.25) is 0 Å². The Hall–Kier alpha value is -3.18. The van der Waals surface area contributed by atoms with Crippen LogP contribution in [0, 0.1) is 0 Å². The minimum Gasteiger partial charge on any atom is -0.462 e. The summed E-state index contributed by atoms with van der Waals surface area (Å²) in [6, 6.07) is 0. The number of carbonyl (C=O) groups is 2. The summed E-state index contributed by atoms with van der Waals surface area (Å²) in [5.74, 6) is -0.447. The van der Waals surface area contributed by atoms with Crippen molar-refractivity contribution in [2.75, 3.05) is 19.8 Å². The molecule has 0 aromatic carbocycles. The fraction of sp³-hybridized carbons (Fsp3) is 0.714. The van der Waals surface area contributed by atoms with E-state index in [1.54, 1.807) is 0 Å². The molecule has 0 aromatic heterocycles. The molecule has 0 radical (unpaired) electrons. The highest BCUT2D eigenvalue weighted by atomic mass is 16.6. The molecule has 0 saturated carbocycles. The van der Waals surface area contributed by atoms with Crippen molar-refractivity contribution in [2.24, 2.45) is 0 Å². The lowest BCUT2D eigenvalue weighted by molar-refractivity contribution is -0.162. The summed E-state index contributed by atoms with van der Waals surface area (Å²) in [5.41, 5.74) is 0. The molecule has 1 atom stereocenters. The van der Waals surface area contributed by atoms with Crippen LogP contribution < -0.4 is 0 Å². The lowest BCUT2D eigenvalue weighted by Gasteiger charge is -2.18. The third-order valence-electron chi connectivity index (χ3n) is 12.1. The van der Waals surface area contributed by atoms with Crippen LogP contribution in [0.25, 0.3) is 0 Å². The zero-order chi connectivity index (χ0) is 49.2. The van der Waals surface area contributed by atoms with E-state index in [0.29, 0.717) is 19.4 Å². The van der Waals surface area contributed by atoms with Gasteiger partial charge < -0.3 is 14.2 Å². The molecular formula is C63H108O5. The highest BCUT2D eigenvalue weighted by molar-refractivity contribution is 5.70. The maximum absolute atomic E-state index is 12.9. The second kappa shape index (κ2) is 58.1. The number of rotatable bonds is 52. The Balaban J connectivity index is 4.38. The summed E-state index contributed by atoms with van der Waals surface area (Å²) in [6.07, 6.45) is 78.7. The molecule has 0 heterocycles. The van der Waals surface area contributed by atoms with Crippen LogP contribution in [0.1, 0.15) is 265 Å². The number of unbranched alkanes of at least 4 members (excludes halogenated alkanes) is 25. The van der Waals surface area contributed by atoms with E-state index >= 15 is 0 Å². The van der Waals surface area contributed by atoms with Crippen LogP contribution in [-0.2, 0) is 23.8 Å². The fourth-order valence-electron chi connectivity index (χ4n) is 7.88. The van der Waals surface area contributed by atoms with Crippen LogP contribution in [0.3, 0.4) is 0 Å². The summed E-state index contributed by atoms with van der Waals surface area (Å²) in [4.78, 5) is 25.5. The van der Waals surface area contributed by atoms with Gasteiger partial charge in [0.2, 0.25) is 0 Å². The van der Waals surface area contributed by atoms with Gasteiger partial charge in [0.05, 0.1) is 13.2 Å². The molecule has 5 nitrogen and oxygen atoms in total. The second-order valence-corrected chi connectivity index (χ2v) is 18.8. The third-order valence-corrected chi connectivity index (χ3v) is 12.1. The Morgan fingerprint density at radius 3 is 1.09 bits per heavy atom. The Bertz CT molecular complexity index is 1300. The quantitative estimate of drug-likeness (QED) is 0.0345. The summed E-state index contributed by atoms with van der Waals surface area (Å²) >= 11 is 0. The molecule has 0 aliphatic heterocycles. The normalized spacial score (nSPS) is 12.9. The van der Waals surface area contributed by atoms with E-state index in [0.717, 1.165) is 89.9 Å². The van der Waals surface area contributed by atoms with Crippen LogP contribution in [0.4, 0.5) is 0 Å². The molecule has 0 aliphatic carbocycles. The molecule has 0 amide bonds. The average Bonchev–Trinajstić information content (AvgIpc) is 3.34. The van der Waals surface area contributed by atoms with Crippen molar-refractivity contribution in [1.82, 2.24) is 0 Å². The van der Waals surface area contributed by atoms with E-state index in [2.05, 4.69) is 118 Å². The Labute approximate surface area is 422 Å². The predicted molar refractivity (Wildman–Crippen MR) is 297 cm³/mol. The topological polar surface area (TPSA) is 61.8 Å². The minimum atomic E-state index is -0.585. The first-order valence-electron chi connectivity index (χ1n) is 28.8. The maximum atomic E-state index is 12.9. The number of esters is 2. The number of ether oxygens (including phenoxy) is 3. The van der Waals surface area contributed by atoms with Gasteiger partial charge in [-0.15, -0.1) is 0 Å². The van der Waals surface area contributed by atoms with Gasteiger partial charge in [0.25, 0.3) is 0 Å². The van der Waals surface area contributed by atoms with Crippen LogP contribution >= 0.6 is 0 Å². The van der Waals surface area contributed by atoms with E-state index in [9.17, 15) is 9.59 Å². The van der Waals surface area contributed by atoms with Gasteiger partial charge in [0, 0.05) is 12.8 Å². The molecule has 1 unspecified atom stereocenters. The van der Waals surface area contributed by atoms with Gasteiger partial charge in [-0.25, -0.2) is 0 Å². The molecule has 390 valence electrons. The van der Waals surface area contributed by atoms with Gasteiger partial charge in [-0.05, 0) is 89.9 Å². The SMILES string of the molecule is CC/C=C\C/C=C\C/C=C\C/C=C\C/C=C\CCOCC(COC(=O)CCCCCCCC/C=C\C/C=C\C/C=C\CCCCC)OC(=O)CCCCCCCCCCCCCCCCCCC. The molecule has 0 rings (SSSR count). The van der Waals surface area contributed by atoms with Crippen molar-refractivity contribution in [3.05, 3.63) is 97.2 Å². The first-order chi connectivity index (χ1) is 33.6.